The fourth-order valence-corrected chi connectivity index (χ4v) is 1.99. The fraction of sp³-hybridized carbons (Fsp3) is 0.545. The van der Waals surface area contributed by atoms with E-state index in [2.05, 4.69) is 22.0 Å². The molecule has 1 fully saturated rings. The van der Waals surface area contributed by atoms with E-state index < -0.39 is 0 Å². The first kappa shape index (κ1) is 9.46. The van der Waals surface area contributed by atoms with Gasteiger partial charge in [-0.3, -0.25) is 4.98 Å². The highest BCUT2D eigenvalue weighted by atomic mass is 15.2. The quantitative estimate of drug-likeness (QED) is 0.763. The minimum absolute atomic E-state index is 0.670. The van der Waals surface area contributed by atoms with Gasteiger partial charge in [-0.15, -0.1) is 0 Å². The van der Waals surface area contributed by atoms with E-state index in [1.54, 1.807) is 0 Å². The monoisotopic (exact) mass is 191 g/mol. The summed E-state index contributed by atoms with van der Waals surface area (Å²) in [7, 11) is 0. The van der Waals surface area contributed by atoms with Gasteiger partial charge < -0.3 is 10.6 Å². The van der Waals surface area contributed by atoms with Crippen molar-refractivity contribution in [1.29, 1.82) is 0 Å². The smallest absolute Gasteiger partial charge is 0.0399 e. The van der Waals surface area contributed by atoms with Crippen LogP contribution in [0, 0.1) is 12.8 Å². The van der Waals surface area contributed by atoms with Crippen molar-refractivity contribution in [3.05, 3.63) is 24.0 Å². The van der Waals surface area contributed by atoms with E-state index in [1.807, 2.05) is 13.1 Å². The molecule has 3 heteroatoms. The number of aryl methyl sites for hydroxylation is 1. The molecule has 0 spiro atoms. The van der Waals surface area contributed by atoms with Gasteiger partial charge in [0.2, 0.25) is 0 Å². The molecule has 1 unspecified atom stereocenters. The van der Waals surface area contributed by atoms with Crippen LogP contribution in [0.5, 0.6) is 0 Å². The highest BCUT2D eigenvalue weighted by Crippen LogP contribution is 2.22. The molecule has 14 heavy (non-hydrogen) atoms. The van der Waals surface area contributed by atoms with E-state index in [9.17, 15) is 0 Å². The lowest BCUT2D eigenvalue weighted by molar-refractivity contribution is 0.602. The lowest BCUT2D eigenvalue weighted by Gasteiger charge is -2.18. The van der Waals surface area contributed by atoms with Crippen molar-refractivity contribution >= 4 is 5.69 Å². The second-order valence-corrected chi connectivity index (χ2v) is 3.99. The molecule has 0 amide bonds. The van der Waals surface area contributed by atoms with Crippen LogP contribution >= 0.6 is 0 Å². The number of nitrogens with two attached hydrogens (primary N) is 1. The van der Waals surface area contributed by atoms with Gasteiger partial charge >= 0.3 is 0 Å². The van der Waals surface area contributed by atoms with Crippen molar-refractivity contribution in [2.45, 2.75) is 13.3 Å². The maximum atomic E-state index is 5.66. The number of pyridine rings is 1. The standard InChI is InChI=1S/C11H17N3/c1-9-6-11(2-4-13-9)14-5-3-10(7-12)8-14/h2,4,6,10H,3,5,7-8,12H2,1H3. The van der Waals surface area contributed by atoms with Gasteiger partial charge in [0.05, 0.1) is 0 Å². The zero-order valence-corrected chi connectivity index (χ0v) is 8.61. The Morgan fingerprint density at radius 2 is 2.50 bits per heavy atom. The van der Waals surface area contributed by atoms with Gasteiger partial charge in [-0.2, -0.15) is 0 Å². The zero-order chi connectivity index (χ0) is 9.97. The third-order valence-electron chi connectivity index (χ3n) is 2.86. The molecule has 0 aliphatic carbocycles. The van der Waals surface area contributed by atoms with Crippen molar-refractivity contribution < 1.29 is 0 Å². The van der Waals surface area contributed by atoms with Crippen LogP contribution < -0.4 is 10.6 Å². The molecule has 1 saturated heterocycles. The molecular weight excluding hydrogens is 174 g/mol. The van der Waals surface area contributed by atoms with Crippen LogP contribution in [0.2, 0.25) is 0 Å². The first-order chi connectivity index (χ1) is 6.79. The molecule has 1 aliphatic rings. The molecule has 0 radical (unpaired) electrons. The summed E-state index contributed by atoms with van der Waals surface area (Å²) < 4.78 is 0. The lowest BCUT2D eigenvalue weighted by atomic mass is 10.1. The second-order valence-electron chi connectivity index (χ2n) is 3.99. The van der Waals surface area contributed by atoms with Gasteiger partial charge in [0, 0.05) is 30.7 Å². The van der Waals surface area contributed by atoms with Crippen LogP contribution in [0.3, 0.4) is 0 Å². The molecule has 3 nitrogen and oxygen atoms in total. The molecule has 2 N–H and O–H groups in total. The Morgan fingerprint density at radius 1 is 1.64 bits per heavy atom. The summed E-state index contributed by atoms with van der Waals surface area (Å²) in [5.74, 6) is 0.670. The molecule has 1 aromatic heterocycles. The van der Waals surface area contributed by atoms with Crippen LogP contribution in [0.25, 0.3) is 0 Å². The van der Waals surface area contributed by atoms with E-state index in [0.717, 1.165) is 25.3 Å². The average Bonchev–Trinajstić information content (AvgIpc) is 2.66. The van der Waals surface area contributed by atoms with Crippen LogP contribution in [0.4, 0.5) is 5.69 Å². The third-order valence-corrected chi connectivity index (χ3v) is 2.86. The Kier molecular flexibility index (Phi) is 2.68. The summed E-state index contributed by atoms with van der Waals surface area (Å²) in [5.41, 5.74) is 8.03. The largest absolute Gasteiger partial charge is 0.371 e. The molecule has 1 aromatic rings. The highest BCUT2D eigenvalue weighted by molar-refractivity contribution is 5.47. The van der Waals surface area contributed by atoms with Crippen molar-refractivity contribution in [1.82, 2.24) is 4.98 Å². The van der Waals surface area contributed by atoms with E-state index in [-0.39, 0.29) is 0 Å². The molecule has 1 atom stereocenters. The minimum atomic E-state index is 0.670. The zero-order valence-electron chi connectivity index (χ0n) is 8.61. The van der Waals surface area contributed by atoms with Crippen LogP contribution in [0.1, 0.15) is 12.1 Å². The van der Waals surface area contributed by atoms with Crippen molar-refractivity contribution in [2.24, 2.45) is 11.7 Å². The second kappa shape index (κ2) is 3.96. The minimum Gasteiger partial charge on any atom is -0.371 e. The summed E-state index contributed by atoms with van der Waals surface area (Å²) >= 11 is 0. The molecule has 2 heterocycles. The molecule has 76 valence electrons. The number of anilines is 1. The Balaban J connectivity index is 2.09. The van der Waals surface area contributed by atoms with Gasteiger partial charge in [0.25, 0.3) is 0 Å². The van der Waals surface area contributed by atoms with Gasteiger partial charge in [0.1, 0.15) is 0 Å². The maximum Gasteiger partial charge on any atom is 0.0399 e. The van der Waals surface area contributed by atoms with Crippen molar-refractivity contribution in [2.75, 3.05) is 24.5 Å². The van der Waals surface area contributed by atoms with Crippen molar-refractivity contribution in [3.8, 4) is 0 Å². The van der Waals surface area contributed by atoms with Crippen LogP contribution in [-0.2, 0) is 0 Å². The summed E-state index contributed by atoms with van der Waals surface area (Å²) in [4.78, 5) is 6.59. The summed E-state index contributed by atoms with van der Waals surface area (Å²) in [5, 5.41) is 0. The third kappa shape index (κ3) is 1.87. The van der Waals surface area contributed by atoms with E-state index in [1.165, 1.54) is 12.1 Å². The van der Waals surface area contributed by atoms with Gasteiger partial charge in [0.15, 0.2) is 0 Å². The van der Waals surface area contributed by atoms with Crippen LogP contribution in [-0.4, -0.2) is 24.6 Å². The lowest BCUT2D eigenvalue weighted by Crippen LogP contribution is -2.22. The van der Waals surface area contributed by atoms with Gasteiger partial charge in [-0.05, 0) is 37.9 Å². The normalized spacial score (nSPS) is 21.6. The first-order valence-electron chi connectivity index (χ1n) is 5.17. The molecule has 0 aromatic carbocycles. The predicted octanol–water partition coefficient (Wildman–Crippen LogP) is 1.18. The van der Waals surface area contributed by atoms with Crippen LogP contribution in [0.15, 0.2) is 18.3 Å². The Hall–Kier alpha value is -1.09. The average molecular weight is 191 g/mol. The Labute approximate surface area is 84.9 Å². The summed E-state index contributed by atoms with van der Waals surface area (Å²) in [6.07, 6.45) is 3.10. The van der Waals surface area contributed by atoms with E-state index >= 15 is 0 Å². The molecule has 0 saturated carbocycles. The molecule has 1 aliphatic heterocycles. The first-order valence-corrected chi connectivity index (χ1v) is 5.17. The number of nitrogens with zero attached hydrogens (tertiary/aromatic N) is 2. The fourth-order valence-electron chi connectivity index (χ4n) is 1.99. The SMILES string of the molecule is Cc1cc(N2CCC(CN)C2)ccn1. The Morgan fingerprint density at radius 3 is 3.14 bits per heavy atom. The number of hydrogen-bond acceptors (Lipinski definition) is 3. The van der Waals surface area contributed by atoms with E-state index in [4.69, 9.17) is 5.73 Å². The number of hydrogen-bond donors (Lipinski definition) is 1. The molecule has 0 bridgehead atoms. The maximum absolute atomic E-state index is 5.66. The molecule has 2 rings (SSSR count). The van der Waals surface area contributed by atoms with Gasteiger partial charge in [-0.1, -0.05) is 0 Å². The number of aromatic nitrogens is 1. The predicted molar refractivity (Wildman–Crippen MR) is 58.3 cm³/mol. The topological polar surface area (TPSA) is 42.1 Å². The Bertz CT molecular complexity index is 311. The number of rotatable bonds is 2. The van der Waals surface area contributed by atoms with Crippen molar-refractivity contribution in [3.63, 3.8) is 0 Å². The van der Waals surface area contributed by atoms with E-state index in [0.29, 0.717) is 5.92 Å². The van der Waals surface area contributed by atoms with Gasteiger partial charge in [-0.25, -0.2) is 0 Å². The summed E-state index contributed by atoms with van der Waals surface area (Å²) in [6.45, 7) is 5.06. The summed E-state index contributed by atoms with van der Waals surface area (Å²) in [6, 6.07) is 4.21. The highest BCUT2D eigenvalue weighted by Gasteiger charge is 2.21. The molecular formula is C11H17N3.